The molecule has 0 N–H and O–H groups in total. The van der Waals surface area contributed by atoms with Gasteiger partial charge in [0.2, 0.25) is 0 Å². The third-order valence-electron chi connectivity index (χ3n) is 3.48. The van der Waals surface area contributed by atoms with Crippen molar-refractivity contribution in [1.82, 2.24) is 5.16 Å². The molecule has 0 fully saturated rings. The first-order valence-corrected chi connectivity index (χ1v) is 9.70. The molecule has 0 aliphatic rings. The zero-order chi connectivity index (χ0) is 15.2. The van der Waals surface area contributed by atoms with Crippen LogP contribution in [0, 0.1) is 0 Å². The molecule has 3 aromatic rings. The molecule has 0 aliphatic carbocycles. The summed E-state index contributed by atoms with van der Waals surface area (Å²) in [6.07, 6.45) is 2.49. The molecule has 1 aromatic heterocycles. The van der Waals surface area contributed by atoms with Crippen LogP contribution in [0.3, 0.4) is 0 Å². The fourth-order valence-corrected chi connectivity index (χ4v) is 4.84. The van der Waals surface area contributed by atoms with Crippen molar-refractivity contribution in [1.29, 1.82) is 0 Å². The molecule has 0 spiro atoms. The van der Waals surface area contributed by atoms with E-state index in [9.17, 15) is 0 Å². The first-order valence-electron chi connectivity index (χ1n) is 7.63. The minimum atomic E-state index is 0.381. The Morgan fingerprint density at radius 1 is 0.909 bits per heavy atom. The molecule has 2 aromatic carbocycles. The van der Waals surface area contributed by atoms with Gasteiger partial charge >= 0.3 is 137 Å². The Hall–Kier alpha value is -1.83. The molecule has 1 heterocycles. The van der Waals surface area contributed by atoms with Crippen molar-refractivity contribution >= 4 is 19.4 Å². The van der Waals surface area contributed by atoms with Crippen molar-refractivity contribution in [3.63, 3.8) is 0 Å². The average Bonchev–Trinajstić information content (AvgIpc) is 3.01. The summed E-state index contributed by atoms with van der Waals surface area (Å²) < 4.78 is 7.02. The normalized spacial score (nSPS) is 10.8. The van der Waals surface area contributed by atoms with Gasteiger partial charge in [0, 0.05) is 0 Å². The molecule has 0 aliphatic heterocycles. The number of nitrogens with zero attached hydrogens (tertiary/aromatic N) is 1. The summed E-state index contributed by atoms with van der Waals surface area (Å²) in [4.78, 5) is 0. The number of unbranched alkanes of at least 4 members (excludes halogenated alkanes) is 1. The average molecular weight is 356 g/mol. The van der Waals surface area contributed by atoms with Crippen LogP contribution in [0.2, 0.25) is 5.32 Å². The zero-order valence-corrected chi connectivity index (χ0v) is 14.4. The molecular formula is C19H19NOSe. The first kappa shape index (κ1) is 15.1. The quantitative estimate of drug-likeness (QED) is 0.478. The maximum absolute atomic E-state index is 5.73. The fourth-order valence-electron chi connectivity index (χ4n) is 2.29. The Kier molecular flexibility index (Phi) is 5.10. The van der Waals surface area contributed by atoms with E-state index >= 15 is 0 Å². The maximum atomic E-state index is 5.73. The molecular weight excluding hydrogens is 337 g/mol. The van der Waals surface area contributed by atoms with E-state index < -0.39 is 0 Å². The molecule has 112 valence electrons. The van der Waals surface area contributed by atoms with E-state index in [2.05, 4.69) is 48.5 Å². The molecule has 0 bridgehead atoms. The summed E-state index contributed by atoms with van der Waals surface area (Å²) >= 11 is 0.381. The topological polar surface area (TPSA) is 26.0 Å². The molecule has 3 rings (SSSR count). The van der Waals surface area contributed by atoms with Crippen LogP contribution in [0.1, 0.15) is 19.8 Å². The molecule has 0 saturated heterocycles. The molecule has 0 unspecified atom stereocenters. The second-order valence-corrected chi connectivity index (χ2v) is 7.44. The minimum absolute atomic E-state index is 0.381. The fraction of sp³-hybridized carbons (Fsp3) is 0.211. The van der Waals surface area contributed by atoms with Gasteiger partial charge in [0.25, 0.3) is 0 Å². The molecule has 0 saturated carbocycles. The standard InChI is InChI=1S/C19H19NOSe/c1-2-3-14-22-19-17(15-10-6-4-7-11-15)20-21-18(19)16-12-8-5-9-13-16/h4-13H,2-3,14H2,1H3. The van der Waals surface area contributed by atoms with Gasteiger partial charge in [-0.05, 0) is 0 Å². The Morgan fingerprint density at radius 3 is 2.18 bits per heavy atom. The van der Waals surface area contributed by atoms with Gasteiger partial charge in [-0.3, -0.25) is 0 Å². The van der Waals surface area contributed by atoms with E-state index in [0.717, 1.165) is 22.6 Å². The van der Waals surface area contributed by atoms with Crippen molar-refractivity contribution in [3.05, 3.63) is 60.7 Å². The van der Waals surface area contributed by atoms with Crippen LogP contribution in [0.15, 0.2) is 65.2 Å². The van der Waals surface area contributed by atoms with E-state index in [-0.39, 0.29) is 0 Å². The predicted octanol–water partition coefficient (Wildman–Crippen LogP) is 4.56. The number of aromatic nitrogens is 1. The Labute approximate surface area is 137 Å². The van der Waals surface area contributed by atoms with Gasteiger partial charge in [0.05, 0.1) is 0 Å². The SMILES string of the molecule is CCCC[Se]c1c(-c2ccccc2)noc1-c1ccccc1. The first-order chi connectivity index (χ1) is 10.9. The van der Waals surface area contributed by atoms with Crippen LogP contribution in [-0.4, -0.2) is 20.1 Å². The number of hydrogen-bond donors (Lipinski definition) is 0. The second kappa shape index (κ2) is 7.44. The van der Waals surface area contributed by atoms with Crippen molar-refractivity contribution in [2.24, 2.45) is 0 Å². The van der Waals surface area contributed by atoms with Crippen LogP contribution in [0.5, 0.6) is 0 Å². The van der Waals surface area contributed by atoms with Gasteiger partial charge in [-0.15, -0.1) is 0 Å². The van der Waals surface area contributed by atoms with Gasteiger partial charge in [-0.2, -0.15) is 0 Å². The van der Waals surface area contributed by atoms with Gasteiger partial charge in [-0.1, -0.05) is 0 Å². The van der Waals surface area contributed by atoms with Crippen molar-refractivity contribution in [2.75, 3.05) is 0 Å². The van der Waals surface area contributed by atoms with Gasteiger partial charge in [-0.25, -0.2) is 0 Å². The summed E-state index contributed by atoms with van der Waals surface area (Å²) in [5.74, 6) is 0.940. The third kappa shape index (κ3) is 3.32. The number of benzene rings is 2. The molecule has 0 atom stereocenters. The van der Waals surface area contributed by atoms with Crippen LogP contribution in [0.25, 0.3) is 22.6 Å². The summed E-state index contributed by atoms with van der Waals surface area (Å²) in [5.41, 5.74) is 3.27. The predicted molar refractivity (Wildman–Crippen MR) is 92.5 cm³/mol. The van der Waals surface area contributed by atoms with Crippen LogP contribution >= 0.6 is 0 Å². The van der Waals surface area contributed by atoms with Crippen LogP contribution in [0.4, 0.5) is 0 Å². The summed E-state index contributed by atoms with van der Waals surface area (Å²) in [6, 6.07) is 20.6. The van der Waals surface area contributed by atoms with Crippen LogP contribution < -0.4 is 4.46 Å². The van der Waals surface area contributed by atoms with E-state index in [4.69, 9.17) is 4.52 Å². The van der Waals surface area contributed by atoms with Crippen molar-refractivity contribution in [3.8, 4) is 22.6 Å². The van der Waals surface area contributed by atoms with E-state index in [1.54, 1.807) is 0 Å². The summed E-state index contributed by atoms with van der Waals surface area (Å²) in [6.45, 7) is 2.24. The monoisotopic (exact) mass is 357 g/mol. The Bertz CT molecular complexity index is 650. The van der Waals surface area contributed by atoms with Gasteiger partial charge in [0.15, 0.2) is 0 Å². The van der Waals surface area contributed by atoms with Crippen molar-refractivity contribution < 1.29 is 4.52 Å². The van der Waals surface area contributed by atoms with Crippen molar-refractivity contribution in [2.45, 2.75) is 25.1 Å². The van der Waals surface area contributed by atoms with E-state index in [1.807, 2.05) is 24.3 Å². The van der Waals surface area contributed by atoms with Gasteiger partial charge in [0.1, 0.15) is 0 Å². The molecule has 0 radical (unpaired) electrons. The molecule has 22 heavy (non-hydrogen) atoms. The second-order valence-electron chi connectivity index (χ2n) is 5.12. The number of hydrogen-bond acceptors (Lipinski definition) is 2. The van der Waals surface area contributed by atoms with E-state index in [0.29, 0.717) is 15.0 Å². The van der Waals surface area contributed by atoms with Gasteiger partial charge < -0.3 is 0 Å². The van der Waals surface area contributed by atoms with Crippen LogP contribution in [-0.2, 0) is 0 Å². The Balaban J connectivity index is 2.02. The number of rotatable bonds is 6. The zero-order valence-electron chi connectivity index (χ0n) is 12.7. The Morgan fingerprint density at radius 2 is 1.55 bits per heavy atom. The van der Waals surface area contributed by atoms with E-state index in [1.165, 1.54) is 22.6 Å². The molecule has 0 amide bonds. The molecule has 2 nitrogen and oxygen atoms in total. The summed E-state index contributed by atoms with van der Waals surface area (Å²) in [7, 11) is 0. The third-order valence-corrected chi connectivity index (χ3v) is 5.91. The molecule has 3 heteroatoms. The summed E-state index contributed by atoms with van der Waals surface area (Å²) in [5, 5.41) is 5.61.